The topological polar surface area (TPSA) is 28.7 Å². The van der Waals surface area contributed by atoms with Gasteiger partial charge in [-0.15, -0.1) is 0 Å². The molecule has 0 saturated heterocycles. The maximum atomic E-state index is 13.6. The van der Waals surface area contributed by atoms with Gasteiger partial charge in [-0.2, -0.15) is 0 Å². The molecule has 94 valence electrons. The molecule has 18 heavy (non-hydrogen) atoms. The normalized spacial score (nSPS) is 10.9. The lowest BCUT2D eigenvalue weighted by Crippen LogP contribution is -2.00. The maximum absolute atomic E-state index is 13.6. The van der Waals surface area contributed by atoms with Crippen LogP contribution in [0.25, 0.3) is 11.3 Å². The summed E-state index contributed by atoms with van der Waals surface area (Å²) >= 11 is 5.16. The van der Waals surface area contributed by atoms with E-state index in [0.29, 0.717) is 10.2 Å². The van der Waals surface area contributed by atoms with E-state index in [2.05, 4.69) is 9.97 Å². The van der Waals surface area contributed by atoms with Crippen LogP contribution in [0.2, 0.25) is 0 Å². The van der Waals surface area contributed by atoms with E-state index in [9.17, 15) is 4.39 Å². The molecule has 0 bridgehead atoms. The molecule has 0 aliphatic rings. The van der Waals surface area contributed by atoms with Gasteiger partial charge < -0.3 is 4.98 Å². The first kappa shape index (κ1) is 12.9. The van der Waals surface area contributed by atoms with Crippen LogP contribution in [0.3, 0.4) is 0 Å². The van der Waals surface area contributed by atoms with Crippen molar-refractivity contribution >= 4 is 12.2 Å². The van der Waals surface area contributed by atoms with Gasteiger partial charge in [0.15, 0.2) is 0 Å². The summed E-state index contributed by atoms with van der Waals surface area (Å²) in [4.78, 5) is 7.50. The minimum absolute atomic E-state index is 0.213. The molecule has 0 radical (unpaired) electrons. The molecule has 1 N–H and O–H groups in total. The van der Waals surface area contributed by atoms with E-state index in [-0.39, 0.29) is 11.7 Å². The Labute approximate surface area is 111 Å². The Morgan fingerprint density at radius 3 is 2.72 bits per heavy atom. The lowest BCUT2D eigenvalue weighted by molar-refractivity contribution is 0.619. The average molecular weight is 262 g/mol. The third kappa shape index (κ3) is 2.48. The molecule has 2 aromatic rings. The van der Waals surface area contributed by atoms with Crippen molar-refractivity contribution in [2.75, 3.05) is 0 Å². The highest BCUT2D eigenvalue weighted by molar-refractivity contribution is 7.71. The van der Waals surface area contributed by atoms with Crippen LogP contribution >= 0.6 is 12.2 Å². The minimum Gasteiger partial charge on any atom is -0.343 e. The van der Waals surface area contributed by atoms with E-state index < -0.39 is 0 Å². The number of hydrogen-bond donors (Lipinski definition) is 1. The first-order valence-corrected chi connectivity index (χ1v) is 6.26. The molecular formula is C14H15FN2S. The van der Waals surface area contributed by atoms with Crippen molar-refractivity contribution in [1.82, 2.24) is 9.97 Å². The fourth-order valence-electron chi connectivity index (χ4n) is 1.79. The van der Waals surface area contributed by atoms with Crippen LogP contribution in [0.4, 0.5) is 4.39 Å². The predicted octanol–water partition coefficient (Wildman–Crippen LogP) is 4.38. The van der Waals surface area contributed by atoms with E-state index in [1.54, 1.807) is 19.1 Å². The summed E-state index contributed by atoms with van der Waals surface area (Å²) in [5.41, 5.74) is 2.25. The summed E-state index contributed by atoms with van der Waals surface area (Å²) in [6.07, 6.45) is 0. The van der Waals surface area contributed by atoms with Gasteiger partial charge in [-0.05, 0) is 24.6 Å². The number of hydrogen-bond acceptors (Lipinski definition) is 2. The molecule has 1 heterocycles. The van der Waals surface area contributed by atoms with Gasteiger partial charge in [-0.1, -0.05) is 38.2 Å². The molecule has 0 aliphatic heterocycles. The SMILES string of the molecule is Cc1c(F)cccc1-c1cc(=S)nc(C(C)C)[nH]1. The Hall–Kier alpha value is -1.55. The van der Waals surface area contributed by atoms with Crippen LogP contribution in [0.1, 0.15) is 31.2 Å². The Balaban J connectivity index is 2.64. The van der Waals surface area contributed by atoms with Gasteiger partial charge in [0.2, 0.25) is 0 Å². The van der Waals surface area contributed by atoms with Crippen molar-refractivity contribution in [3.63, 3.8) is 0 Å². The summed E-state index contributed by atoms with van der Waals surface area (Å²) in [6.45, 7) is 5.84. The maximum Gasteiger partial charge on any atom is 0.130 e. The number of H-pyrrole nitrogens is 1. The zero-order valence-corrected chi connectivity index (χ0v) is 11.4. The lowest BCUT2D eigenvalue weighted by atomic mass is 10.0. The fraction of sp³-hybridized carbons (Fsp3) is 0.286. The zero-order valence-electron chi connectivity index (χ0n) is 10.6. The quantitative estimate of drug-likeness (QED) is 0.814. The van der Waals surface area contributed by atoms with Crippen molar-refractivity contribution in [1.29, 1.82) is 0 Å². The summed E-state index contributed by atoms with van der Waals surface area (Å²) in [7, 11) is 0. The highest BCUT2D eigenvalue weighted by Crippen LogP contribution is 2.24. The van der Waals surface area contributed by atoms with Gasteiger partial charge in [0.1, 0.15) is 16.3 Å². The molecule has 0 spiro atoms. The number of aromatic nitrogens is 2. The second-order valence-electron chi connectivity index (χ2n) is 4.59. The molecule has 0 atom stereocenters. The number of aromatic amines is 1. The molecule has 2 rings (SSSR count). The molecule has 2 nitrogen and oxygen atoms in total. The molecule has 4 heteroatoms. The van der Waals surface area contributed by atoms with Gasteiger partial charge in [0.05, 0.1) is 5.69 Å². The summed E-state index contributed by atoms with van der Waals surface area (Å²) in [5, 5.41) is 0. The molecule has 1 aromatic heterocycles. The standard InChI is InChI=1S/C14H15FN2S/c1-8(2)14-16-12(7-13(18)17-14)10-5-4-6-11(15)9(10)3/h4-8H,1-3H3,(H,16,17,18). The van der Waals surface area contributed by atoms with Crippen LogP contribution in [0, 0.1) is 17.4 Å². The second kappa shape index (κ2) is 4.98. The number of nitrogens with zero attached hydrogens (tertiary/aromatic N) is 1. The van der Waals surface area contributed by atoms with E-state index >= 15 is 0 Å². The van der Waals surface area contributed by atoms with Crippen LogP contribution in [-0.4, -0.2) is 9.97 Å². The first-order chi connectivity index (χ1) is 8.49. The smallest absolute Gasteiger partial charge is 0.130 e. The Morgan fingerprint density at radius 2 is 2.06 bits per heavy atom. The zero-order chi connectivity index (χ0) is 13.3. The van der Waals surface area contributed by atoms with Crippen molar-refractivity contribution in [3.8, 4) is 11.3 Å². The number of nitrogens with one attached hydrogen (secondary N) is 1. The summed E-state index contributed by atoms with van der Waals surface area (Å²) in [5.74, 6) is 0.858. The second-order valence-corrected chi connectivity index (χ2v) is 5.00. The third-order valence-corrected chi connectivity index (χ3v) is 3.08. The monoisotopic (exact) mass is 262 g/mol. The van der Waals surface area contributed by atoms with Crippen molar-refractivity contribution in [2.24, 2.45) is 0 Å². The van der Waals surface area contributed by atoms with Crippen LogP contribution in [0.15, 0.2) is 24.3 Å². The Bertz CT molecular complexity index is 632. The number of halogens is 1. The van der Waals surface area contributed by atoms with E-state index in [0.717, 1.165) is 17.1 Å². The van der Waals surface area contributed by atoms with Gasteiger partial charge in [-0.3, -0.25) is 0 Å². The largest absolute Gasteiger partial charge is 0.343 e. The van der Waals surface area contributed by atoms with E-state index in [4.69, 9.17) is 12.2 Å². The average Bonchev–Trinajstić information content (AvgIpc) is 2.31. The number of rotatable bonds is 2. The lowest BCUT2D eigenvalue weighted by Gasteiger charge is -2.10. The number of benzene rings is 1. The molecule has 0 fully saturated rings. The molecule has 0 saturated carbocycles. The molecule has 0 unspecified atom stereocenters. The highest BCUT2D eigenvalue weighted by atomic mass is 32.1. The van der Waals surface area contributed by atoms with Crippen molar-refractivity contribution in [2.45, 2.75) is 26.7 Å². The van der Waals surface area contributed by atoms with Gasteiger partial charge in [0.25, 0.3) is 0 Å². The van der Waals surface area contributed by atoms with Crippen LogP contribution in [0.5, 0.6) is 0 Å². The van der Waals surface area contributed by atoms with Crippen LogP contribution in [-0.2, 0) is 0 Å². The van der Waals surface area contributed by atoms with Gasteiger partial charge >= 0.3 is 0 Å². The van der Waals surface area contributed by atoms with Gasteiger partial charge in [-0.25, -0.2) is 9.37 Å². The van der Waals surface area contributed by atoms with Gasteiger partial charge in [0, 0.05) is 11.5 Å². The molecule has 1 aromatic carbocycles. The van der Waals surface area contributed by atoms with E-state index in [1.807, 2.05) is 19.9 Å². The molecular weight excluding hydrogens is 247 g/mol. The Kier molecular flexibility index (Phi) is 3.57. The van der Waals surface area contributed by atoms with E-state index in [1.165, 1.54) is 6.07 Å². The third-order valence-electron chi connectivity index (χ3n) is 2.87. The summed E-state index contributed by atoms with van der Waals surface area (Å²) < 4.78 is 14.1. The van der Waals surface area contributed by atoms with Crippen LogP contribution < -0.4 is 0 Å². The van der Waals surface area contributed by atoms with Crippen molar-refractivity contribution < 1.29 is 4.39 Å². The van der Waals surface area contributed by atoms with Crippen molar-refractivity contribution in [3.05, 3.63) is 46.1 Å². The highest BCUT2D eigenvalue weighted by Gasteiger charge is 2.09. The minimum atomic E-state index is -0.213. The molecule has 0 aliphatic carbocycles. The Morgan fingerprint density at radius 1 is 1.33 bits per heavy atom. The molecule has 0 amide bonds. The summed E-state index contributed by atoms with van der Waals surface area (Å²) in [6, 6.07) is 6.80. The fourth-order valence-corrected chi connectivity index (χ4v) is 2.01. The first-order valence-electron chi connectivity index (χ1n) is 5.86. The predicted molar refractivity (Wildman–Crippen MR) is 73.6 cm³/mol.